The molecule has 0 saturated carbocycles. The highest BCUT2D eigenvalue weighted by Crippen LogP contribution is 2.35. The average molecular weight is 407 g/mol. The number of benzene rings is 2. The molecule has 5 rings (SSSR count). The van der Waals surface area contributed by atoms with Crippen LogP contribution in [0.4, 0.5) is 0 Å². The molecule has 5 heteroatoms. The number of rotatable bonds is 3. The molecule has 2 aromatic heterocycles. The molecule has 140 valence electrons. The van der Waals surface area contributed by atoms with Crippen molar-refractivity contribution < 1.29 is 0 Å². The van der Waals surface area contributed by atoms with Crippen LogP contribution < -0.4 is 5.56 Å². The molecule has 1 aliphatic carbocycles. The molecule has 0 aliphatic heterocycles. The van der Waals surface area contributed by atoms with E-state index >= 15 is 0 Å². The smallest absolute Gasteiger partial charge is 0.263 e. The number of halogens is 1. The molecule has 3 nitrogen and oxygen atoms in total. The van der Waals surface area contributed by atoms with Gasteiger partial charge in [-0.2, -0.15) is 0 Å². The van der Waals surface area contributed by atoms with E-state index in [0.717, 1.165) is 40.6 Å². The zero-order valence-corrected chi connectivity index (χ0v) is 16.9. The van der Waals surface area contributed by atoms with Crippen molar-refractivity contribution in [2.24, 2.45) is 0 Å². The van der Waals surface area contributed by atoms with Gasteiger partial charge >= 0.3 is 0 Å². The molecule has 0 radical (unpaired) electrons. The molecular formula is C23H19ClN2OS. The fraction of sp³-hybridized carbons (Fsp3) is 0.217. The lowest BCUT2D eigenvalue weighted by Gasteiger charge is -2.15. The van der Waals surface area contributed by atoms with E-state index in [0.29, 0.717) is 17.4 Å². The van der Waals surface area contributed by atoms with Crippen LogP contribution in [0.25, 0.3) is 21.6 Å². The Kier molecular flexibility index (Phi) is 4.53. The van der Waals surface area contributed by atoms with Crippen molar-refractivity contribution in [1.29, 1.82) is 0 Å². The van der Waals surface area contributed by atoms with Crippen LogP contribution in [0, 0.1) is 0 Å². The fourth-order valence-electron chi connectivity index (χ4n) is 3.99. The highest BCUT2D eigenvalue weighted by atomic mass is 35.5. The van der Waals surface area contributed by atoms with E-state index in [-0.39, 0.29) is 5.56 Å². The first-order valence-corrected chi connectivity index (χ1v) is 10.8. The number of fused-ring (bicyclic) bond motifs is 3. The number of aryl methyl sites for hydroxylation is 2. The van der Waals surface area contributed by atoms with E-state index in [2.05, 4.69) is 0 Å². The number of thiophene rings is 1. The Morgan fingerprint density at radius 2 is 1.75 bits per heavy atom. The fourth-order valence-corrected chi connectivity index (χ4v) is 5.44. The number of nitrogens with zero attached hydrogens (tertiary/aromatic N) is 2. The van der Waals surface area contributed by atoms with Crippen LogP contribution in [0.1, 0.15) is 28.8 Å². The van der Waals surface area contributed by atoms with Crippen LogP contribution in [0.5, 0.6) is 0 Å². The van der Waals surface area contributed by atoms with Gasteiger partial charge in [-0.25, -0.2) is 4.98 Å². The maximum atomic E-state index is 13.7. The molecule has 0 fully saturated rings. The third-order valence-corrected chi connectivity index (χ3v) is 6.95. The van der Waals surface area contributed by atoms with Gasteiger partial charge in [0.15, 0.2) is 0 Å². The predicted molar refractivity (Wildman–Crippen MR) is 117 cm³/mol. The number of aromatic nitrogens is 2. The van der Waals surface area contributed by atoms with Gasteiger partial charge in [-0.05, 0) is 42.9 Å². The molecule has 2 aromatic carbocycles. The van der Waals surface area contributed by atoms with Crippen molar-refractivity contribution in [2.45, 2.75) is 32.2 Å². The zero-order valence-electron chi connectivity index (χ0n) is 15.3. The second kappa shape index (κ2) is 7.19. The zero-order chi connectivity index (χ0) is 19.1. The van der Waals surface area contributed by atoms with Crippen molar-refractivity contribution in [3.8, 4) is 11.4 Å². The van der Waals surface area contributed by atoms with E-state index in [4.69, 9.17) is 16.6 Å². The third-order valence-electron chi connectivity index (χ3n) is 5.39. The van der Waals surface area contributed by atoms with Crippen LogP contribution in [0.15, 0.2) is 59.4 Å². The Balaban J connectivity index is 1.79. The maximum absolute atomic E-state index is 13.7. The molecule has 0 unspecified atom stereocenters. The van der Waals surface area contributed by atoms with Crippen molar-refractivity contribution in [2.75, 3.05) is 0 Å². The first kappa shape index (κ1) is 17.7. The van der Waals surface area contributed by atoms with Crippen LogP contribution in [-0.4, -0.2) is 9.55 Å². The quantitative estimate of drug-likeness (QED) is 0.437. The standard InChI is InChI=1S/C23H19ClN2OS/c24-18-12-6-4-10-16(18)14-26-21(15-8-2-1-3-9-15)25-22-20(23(26)27)17-11-5-7-13-19(17)28-22/h1-4,6,8-10,12H,5,7,11,13-14H2. The highest BCUT2D eigenvalue weighted by Gasteiger charge is 2.22. The van der Waals surface area contributed by atoms with Gasteiger partial charge in [0.05, 0.1) is 11.9 Å². The minimum absolute atomic E-state index is 0.0446. The Bertz CT molecular complexity index is 1230. The van der Waals surface area contributed by atoms with Crippen molar-refractivity contribution in [1.82, 2.24) is 9.55 Å². The first-order chi connectivity index (χ1) is 13.7. The Hall–Kier alpha value is -2.43. The van der Waals surface area contributed by atoms with Crippen molar-refractivity contribution >= 4 is 33.2 Å². The number of hydrogen-bond donors (Lipinski definition) is 0. The molecule has 0 spiro atoms. The summed E-state index contributed by atoms with van der Waals surface area (Å²) in [6.45, 7) is 0.413. The second-order valence-electron chi connectivity index (χ2n) is 7.18. The summed E-state index contributed by atoms with van der Waals surface area (Å²) in [5.74, 6) is 0.705. The largest absolute Gasteiger partial charge is 0.287 e. The van der Waals surface area contributed by atoms with Gasteiger partial charge in [0, 0.05) is 15.5 Å². The summed E-state index contributed by atoms with van der Waals surface area (Å²) < 4.78 is 1.79. The lowest BCUT2D eigenvalue weighted by Crippen LogP contribution is -2.24. The first-order valence-electron chi connectivity index (χ1n) is 9.56. The van der Waals surface area contributed by atoms with Crippen LogP contribution in [-0.2, 0) is 19.4 Å². The topological polar surface area (TPSA) is 34.9 Å². The lowest BCUT2D eigenvalue weighted by molar-refractivity contribution is 0.698. The summed E-state index contributed by atoms with van der Waals surface area (Å²) in [7, 11) is 0. The molecule has 28 heavy (non-hydrogen) atoms. The van der Waals surface area contributed by atoms with Gasteiger partial charge in [-0.3, -0.25) is 9.36 Å². The summed E-state index contributed by atoms with van der Waals surface area (Å²) in [4.78, 5) is 20.8. The van der Waals surface area contributed by atoms with E-state index in [1.807, 2.05) is 54.6 Å². The summed E-state index contributed by atoms with van der Waals surface area (Å²) in [6, 6.07) is 17.6. The van der Waals surface area contributed by atoms with Gasteiger partial charge < -0.3 is 0 Å². The second-order valence-corrected chi connectivity index (χ2v) is 8.67. The molecule has 0 N–H and O–H groups in total. The lowest BCUT2D eigenvalue weighted by atomic mass is 9.97. The van der Waals surface area contributed by atoms with Gasteiger partial charge in [-0.1, -0.05) is 60.1 Å². The van der Waals surface area contributed by atoms with Crippen LogP contribution >= 0.6 is 22.9 Å². The minimum Gasteiger partial charge on any atom is -0.287 e. The SMILES string of the molecule is O=c1c2c3c(sc2nc(-c2ccccc2)n1Cc1ccccc1Cl)CCCC3. The van der Waals surface area contributed by atoms with E-state index < -0.39 is 0 Å². The van der Waals surface area contributed by atoms with Gasteiger partial charge in [-0.15, -0.1) is 11.3 Å². The Morgan fingerprint density at radius 3 is 2.57 bits per heavy atom. The Morgan fingerprint density at radius 1 is 1.00 bits per heavy atom. The molecule has 2 heterocycles. The van der Waals surface area contributed by atoms with Crippen LogP contribution in [0.2, 0.25) is 5.02 Å². The molecule has 0 saturated heterocycles. The van der Waals surface area contributed by atoms with Crippen LogP contribution in [0.3, 0.4) is 0 Å². The van der Waals surface area contributed by atoms with Crippen molar-refractivity contribution in [3.05, 3.63) is 86.0 Å². The van der Waals surface area contributed by atoms with Gasteiger partial charge in [0.2, 0.25) is 0 Å². The highest BCUT2D eigenvalue weighted by molar-refractivity contribution is 7.18. The summed E-state index contributed by atoms with van der Waals surface area (Å²) >= 11 is 8.09. The molecule has 0 atom stereocenters. The monoisotopic (exact) mass is 406 g/mol. The van der Waals surface area contributed by atoms with E-state index in [1.54, 1.807) is 15.9 Å². The molecule has 0 bridgehead atoms. The van der Waals surface area contributed by atoms with E-state index in [9.17, 15) is 4.79 Å². The van der Waals surface area contributed by atoms with Gasteiger partial charge in [0.1, 0.15) is 10.7 Å². The van der Waals surface area contributed by atoms with Crippen molar-refractivity contribution in [3.63, 3.8) is 0 Å². The summed E-state index contributed by atoms with van der Waals surface area (Å²) in [5.41, 5.74) is 3.13. The normalized spacial score (nSPS) is 13.6. The Labute approximate surface area is 172 Å². The van der Waals surface area contributed by atoms with Gasteiger partial charge in [0.25, 0.3) is 5.56 Å². The summed E-state index contributed by atoms with van der Waals surface area (Å²) in [6.07, 6.45) is 4.37. The summed E-state index contributed by atoms with van der Waals surface area (Å²) in [5, 5.41) is 1.48. The molecule has 0 amide bonds. The minimum atomic E-state index is 0.0446. The van der Waals surface area contributed by atoms with E-state index in [1.165, 1.54) is 16.9 Å². The average Bonchev–Trinajstić information content (AvgIpc) is 3.10. The number of hydrogen-bond acceptors (Lipinski definition) is 3. The molecular weight excluding hydrogens is 388 g/mol. The predicted octanol–water partition coefficient (Wildman–Crippen LogP) is 5.71. The maximum Gasteiger partial charge on any atom is 0.263 e. The molecule has 4 aromatic rings. The third kappa shape index (κ3) is 2.97. The molecule has 1 aliphatic rings.